The van der Waals surface area contributed by atoms with Crippen LogP contribution in [-0.4, -0.2) is 41.7 Å². The van der Waals surface area contributed by atoms with Gasteiger partial charge in [-0.25, -0.2) is 0 Å². The molecule has 1 saturated heterocycles. The average Bonchev–Trinajstić information content (AvgIpc) is 2.30. The molecule has 0 saturated carbocycles. The first kappa shape index (κ1) is 12.1. The molecule has 1 aliphatic rings. The molecule has 4 heteroatoms. The van der Waals surface area contributed by atoms with E-state index in [0.717, 1.165) is 26.2 Å². The third-order valence-corrected chi connectivity index (χ3v) is 3.01. The molecule has 0 aromatic heterocycles. The van der Waals surface area contributed by atoms with E-state index in [1.165, 1.54) is 5.56 Å². The molecule has 17 heavy (non-hydrogen) atoms. The van der Waals surface area contributed by atoms with Crippen molar-refractivity contribution in [1.29, 1.82) is 0 Å². The number of nitrogens with one attached hydrogen (secondary N) is 1. The first-order valence-electron chi connectivity index (χ1n) is 5.95. The molecule has 1 aliphatic heterocycles. The number of hydrogen-bond donors (Lipinski definition) is 2. The van der Waals surface area contributed by atoms with Crippen LogP contribution in [0.2, 0.25) is 0 Å². The van der Waals surface area contributed by atoms with Gasteiger partial charge < -0.3 is 10.4 Å². The number of hydrogen-bond acceptors (Lipinski definition) is 3. The third kappa shape index (κ3) is 3.84. The summed E-state index contributed by atoms with van der Waals surface area (Å²) >= 11 is 0. The highest BCUT2D eigenvalue weighted by Gasteiger charge is 2.21. The van der Waals surface area contributed by atoms with E-state index < -0.39 is 5.97 Å². The molecule has 0 aliphatic carbocycles. The molecule has 4 nitrogen and oxygen atoms in total. The highest BCUT2D eigenvalue weighted by Crippen LogP contribution is 2.08. The zero-order chi connectivity index (χ0) is 12.1. The van der Waals surface area contributed by atoms with Crippen LogP contribution in [0.4, 0.5) is 0 Å². The normalized spacial score (nSPS) is 21.3. The molecular weight excluding hydrogens is 216 g/mol. The van der Waals surface area contributed by atoms with Gasteiger partial charge >= 0.3 is 5.97 Å². The molecule has 1 aromatic carbocycles. The predicted octanol–water partition coefficient (Wildman–Crippen LogP) is 0.935. The van der Waals surface area contributed by atoms with E-state index in [1.54, 1.807) is 0 Å². The summed E-state index contributed by atoms with van der Waals surface area (Å²) in [7, 11) is 0. The van der Waals surface area contributed by atoms with Crippen molar-refractivity contribution in [2.45, 2.75) is 19.0 Å². The second-order valence-corrected chi connectivity index (χ2v) is 4.47. The van der Waals surface area contributed by atoms with Crippen LogP contribution >= 0.6 is 0 Å². The SMILES string of the molecule is O=C(O)C[C@H]1CN(Cc2ccccc2)CCN1. The molecule has 92 valence electrons. The lowest BCUT2D eigenvalue weighted by molar-refractivity contribution is -0.137. The van der Waals surface area contributed by atoms with Crippen molar-refractivity contribution in [3.8, 4) is 0 Å². The summed E-state index contributed by atoms with van der Waals surface area (Å²) in [6, 6.07) is 10.4. The minimum absolute atomic E-state index is 0.0740. The molecule has 0 amide bonds. The Labute approximate surface area is 101 Å². The Balaban J connectivity index is 1.87. The molecule has 2 rings (SSSR count). The van der Waals surface area contributed by atoms with E-state index in [0.29, 0.717) is 0 Å². The van der Waals surface area contributed by atoms with Gasteiger partial charge in [0.25, 0.3) is 0 Å². The summed E-state index contributed by atoms with van der Waals surface area (Å²) in [4.78, 5) is 13.0. The maximum absolute atomic E-state index is 10.7. The van der Waals surface area contributed by atoms with Crippen LogP contribution in [0, 0.1) is 0 Å². The van der Waals surface area contributed by atoms with Crippen molar-refractivity contribution in [1.82, 2.24) is 10.2 Å². The number of aliphatic carboxylic acids is 1. The van der Waals surface area contributed by atoms with Crippen molar-refractivity contribution >= 4 is 5.97 Å². The van der Waals surface area contributed by atoms with Crippen molar-refractivity contribution in [3.05, 3.63) is 35.9 Å². The standard InChI is InChI=1S/C13H18N2O2/c16-13(17)8-12-10-15(7-6-14-12)9-11-4-2-1-3-5-11/h1-5,12,14H,6-10H2,(H,16,17)/t12-/m0/s1. The van der Waals surface area contributed by atoms with Crippen LogP contribution in [0.25, 0.3) is 0 Å². The number of carboxylic acid groups (broad SMARTS) is 1. The number of rotatable bonds is 4. The number of piperazine rings is 1. The third-order valence-electron chi connectivity index (χ3n) is 3.01. The minimum Gasteiger partial charge on any atom is -0.481 e. The quantitative estimate of drug-likeness (QED) is 0.814. The van der Waals surface area contributed by atoms with Gasteiger partial charge in [-0.3, -0.25) is 9.69 Å². The Hall–Kier alpha value is -1.39. The maximum Gasteiger partial charge on any atom is 0.304 e. The average molecular weight is 234 g/mol. The lowest BCUT2D eigenvalue weighted by Crippen LogP contribution is -2.50. The molecule has 0 unspecified atom stereocenters. The lowest BCUT2D eigenvalue weighted by atomic mass is 10.1. The highest BCUT2D eigenvalue weighted by molar-refractivity contribution is 5.67. The van der Waals surface area contributed by atoms with E-state index in [9.17, 15) is 4.79 Å². The fraction of sp³-hybridized carbons (Fsp3) is 0.462. The molecule has 1 fully saturated rings. The first-order chi connectivity index (χ1) is 8.24. The minimum atomic E-state index is -0.732. The van der Waals surface area contributed by atoms with Gasteiger partial charge in [0, 0.05) is 32.2 Å². The van der Waals surface area contributed by atoms with Crippen LogP contribution in [0.1, 0.15) is 12.0 Å². The predicted molar refractivity (Wildman–Crippen MR) is 65.8 cm³/mol. The van der Waals surface area contributed by atoms with Crippen LogP contribution in [0.15, 0.2) is 30.3 Å². The second kappa shape index (κ2) is 5.80. The van der Waals surface area contributed by atoms with Gasteiger partial charge in [-0.1, -0.05) is 30.3 Å². The van der Waals surface area contributed by atoms with Gasteiger partial charge in [0.2, 0.25) is 0 Å². The number of nitrogens with zero attached hydrogens (tertiary/aromatic N) is 1. The Bertz CT molecular complexity index is 367. The van der Waals surface area contributed by atoms with Crippen LogP contribution < -0.4 is 5.32 Å². The second-order valence-electron chi connectivity index (χ2n) is 4.47. The maximum atomic E-state index is 10.7. The molecule has 1 heterocycles. The Morgan fingerprint density at radius 1 is 1.41 bits per heavy atom. The van der Waals surface area contributed by atoms with Crippen LogP contribution in [0.5, 0.6) is 0 Å². The largest absolute Gasteiger partial charge is 0.481 e. The molecule has 0 radical (unpaired) electrons. The number of carbonyl (C=O) groups is 1. The monoisotopic (exact) mass is 234 g/mol. The molecule has 1 aromatic rings. The van der Waals surface area contributed by atoms with E-state index in [-0.39, 0.29) is 12.5 Å². The summed E-state index contributed by atoms with van der Waals surface area (Å²) in [6.07, 6.45) is 0.200. The molecular formula is C13H18N2O2. The summed E-state index contributed by atoms with van der Waals surface area (Å²) in [5.74, 6) is -0.732. The zero-order valence-corrected chi connectivity index (χ0v) is 9.80. The zero-order valence-electron chi connectivity index (χ0n) is 9.80. The van der Waals surface area contributed by atoms with E-state index >= 15 is 0 Å². The molecule has 2 N–H and O–H groups in total. The first-order valence-corrected chi connectivity index (χ1v) is 5.95. The fourth-order valence-electron chi connectivity index (χ4n) is 2.23. The van der Waals surface area contributed by atoms with Crippen molar-refractivity contribution in [2.75, 3.05) is 19.6 Å². The van der Waals surface area contributed by atoms with Crippen molar-refractivity contribution in [3.63, 3.8) is 0 Å². The van der Waals surface area contributed by atoms with Gasteiger partial charge in [-0.05, 0) is 5.56 Å². The smallest absolute Gasteiger partial charge is 0.304 e. The summed E-state index contributed by atoms with van der Waals surface area (Å²) < 4.78 is 0. The van der Waals surface area contributed by atoms with Crippen LogP contribution in [-0.2, 0) is 11.3 Å². The topological polar surface area (TPSA) is 52.6 Å². The Kier molecular flexibility index (Phi) is 4.12. The van der Waals surface area contributed by atoms with E-state index in [2.05, 4.69) is 22.3 Å². The Morgan fingerprint density at radius 2 is 2.18 bits per heavy atom. The molecule has 0 bridgehead atoms. The number of carboxylic acids is 1. The summed E-state index contributed by atoms with van der Waals surface area (Å²) in [5, 5.41) is 12.0. The molecule has 0 spiro atoms. The fourth-order valence-corrected chi connectivity index (χ4v) is 2.23. The summed E-state index contributed by atoms with van der Waals surface area (Å²) in [6.45, 7) is 3.55. The van der Waals surface area contributed by atoms with Gasteiger partial charge in [0.05, 0.1) is 6.42 Å². The van der Waals surface area contributed by atoms with Crippen molar-refractivity contribution < 1.29 is 9.90 Å². The van der Waals surface area contributed by atoms with Gasteiger partial charge in [-0.15, -0.1) is 0 Å². The Morgan fingerprint density at radius 3 is 2.88 bits per heavy atom. The number of benzene rings is 1. The van der Waals surface area contributed by atoms with E-state index in [4.69, 9.17) is 5.11 Å². The van der Waals surface area contributed by atoms with Gasteiger partial charge in [0.1, 0.15) is 0 Å². The van der Waals surface area contributed by atoms with Crippen LogP contribution in [0.3, 0.4) is 0 Å². The van der Waals surface area contributed by atoms with Gasteiger partial charge in [0.15, 0.2) is 0 Å². The lowest BCUT2D eigenvalue weighted by Gasteiger charge is -2.33. The van der Waals surface area contributed by atoms with E-state index in [1.807, 2.05) is 18.2 Å². The van der Waals surface area contributed by atoms with Gasteiger partial charge in [-0.2, -0.15) is 0 Å². The summed E-state index contributed by atoms with van der Waals surface area (Å²) in [5.41, 5.74) is 1.28. The highest BCUT2D eigenvalue weighted by atomic mass is 16.4. The van der Waals surface area contributed by atoms with Crippen molar-refractivity contribution in [2.24, 2.45) is 0 Å². The molecule has 1 atom stereocenters.